The molecule has 5 rings (SSSR count). The smallest absolute Gasteiger partial charge is 0.330 e. The lowest BCUT2D eigenvalue weighted by atomic mass is 10.0. The van der Waals surface area contributed by atoms with Gasteiger partial charge in [-0.05, 0) is 48.7 Å². The molecule has 0 radical (unpaired) electrons. The van der Waals surface area contributed by atoms with Crippen LogP contribution < -0.4 is 5.56 Å². The number of aryl methyl sites for hydroxylation is 1. The van der Waals surface area contributed by atoms with E-state index in [4.69, 9.17) is 4.74 Å². The number of thioether (sulfide) groups is 1. The van der Waals surface area contributed by atoms with Crippen LogP contribution in [0.1, 0.15) is 29.7 Å². The van der Waals surface area contributed by atoms with Gasteiger partial charge in [0.2, 0.25) is 5.91 Å². The summed E-state index contributed by atoms with van der Waals surface area (Å²) in [6, 6.07) is 10.2. The summed E-state index contributed by atoms with van der Waals surface area (Å²) in [6.07, 6.45) is 2.52. The predicted octanol–water partition coefficient (Wildman–Crippen LogP) is 2.78. The average molecular weight is 453 g/mol. The van der Waals surface area contributed by atoms with Crippen LogP contribution in [0.3, 0.4) is 0 Å². The lowest BCUT2D eigenvalue weighted by Gasteiger charge is -2.33. The first-order valence-electron chi connectivity index (χ1n) is 10.3. The monoisotopic (exact) mass is 453 g/mol. The minimum Gasteiger partial charge on any atom is -0.458 e. The number of carbonyl (C=O) groups is 2. The molecule has 3 aromatic rings. The van der Waals surface area contributed by atoms with Gasteiger partial charge in [-0.2, -0.15) is 0 Å². The van der Waals surface area contributed by atoms with E-state index >= 15 is 0 Å². The largest absolute Gasteiger partial charge is 0.458 e. The van der Waals surface area contributed by atoms with Crippen molar-refractivity contribution in [2.75, 3.05) is 5.75 Å². The summed E-state index contributed by atoms with van der Waals surface area (Å²) >= 11 is 1.50. The number of carbonyl (C=O) groups excluding carboxylic acids is 2. The second kappa shape index (κ2) is 7.74. The molecule has 2 fully saturated rings. The fraction of sp³-hybridized carbons (Fsp3) is 0.304. The third-order valence-electron chi connectivity index (χ3n) is 5.93. The first kappa shape index (κ1) is 20.7. The van der Waals surface area contributed by atoms with Crippen molar-refractivity contribution in [2.45, 2.75) is 37.3 Å². The molecule has 2 aromatic heterocycles. The number of pyridine rings is 1. The molecule has 0 saturated carbocycles. The van der Waals surface area contributed by atoms with E-state index in [9.17, 15) is 18.8 Å². The predicted molar refractivity (Wildman–Crippen MR) is 116 cm³/mol. The molecule has 32 heavy (non-hydrogen) atoms. The summed E-state index contributed by atoms with van der Waals surface area (Å²) < 4.78 is 20.3. The van der Waals surface area contributed by atoms with Gasteiger partial charge >= 0.3 is 5.97 Å². The number of esters is 1. The fourth-order valence-corrected chi connectivity index (χ4v) is 6.03. The number of ether oxygens (including phenoxy) is 1. The van der Waals surface area contributed by atoms with Crippen molar-refractivity contribution in [1.29, 1.82) is 0 Å². The van der Waals surface area contributed by atoms with Gasteiger partial charge in [-0.25, -0.2) is 14.2 Å². The van der Waals surface area contributed by atoms with Crippen molar-refractivity contribution in [3.05, 3.63) is 81.7 Å². The van der Waals surface area contributed by atoms with Gasteiger partial charge in [0.25, 0.3) is 5.56 Å². The normalized spacial score (nSPS) is 22.4. The maximum atomic E-state index is 13.4. The number of halogens is 1. The molecular weight excluding hydrogens is 433 g/mol. The Labute approximate surface area is 187 Å². The Bertz CT molecular complexity index is 1290. The Balaban J connectivity index is 1.36. The molecule has 1 aromatic carbocycles. The van der Waals surface area contributed by atoms with Crippen molar-refractivity contribution in [1.82, 2.24) is 14.3 Å². The van der Waals surface area contributed by atoms with Gasteiger partial charge in [-0.3, -0.25) is 14.0 Å². The molecule has 2 aliphatic rings. The zero-order chi connectivity index (χ0) is 22.5. The van der Waals surface area contributed by atoms with E-state index in [-0.39, 0.29) is 23.9 Å². The molecule has 4 heterocycles. The van der Waals surface area contributed by atoms with Crippen LogP contribution in [0, 0.1) is 12.7 Å². The summed E-state index contributed by atoms with van der Waals surface area (Å²) in [6.45, 7) is 1.74. The Morgan fingerprint density at radius 1 is 1.25 bits per heavy atom. The van der Waals surface area contributed by atoms with Crippen molar-refractivity contribution in [3.63, 3.8) is 0 Å². The molecule has 0 bridgehead atoms. The number of hydrogen-bond donors (Lipinski definition) is 0. The van der Waals surface area contributed by atoms with E-state index in [1.54, 1.807) is 29.3 Å². The highest BCUT2D eigenvalue weighted by atomic mass is 32.2. The molecular formula is C23H20FN3O4S. The number of fused-ring (bicyclic) bond motifs is 2. The second-order valence-electron chi connectivity index (χ2n) is 8.01. The standard InChI is InChI=1S/C23H20FN3O4S/c1-14-7-9-26-19(10-14)25-17(11-21(26)29)12-31-22(30)18-13-32-23(8-6-20(28)27(18)23)15-2-4-16(24)5-3-15/h2-5,7,9-11,18H,6,8,12-13H2,1H3/t18-,23-/m0/s1. The Kier molecular flexibility index (Phi) is 5.00. The van der Waals surface area contributed by atoms with Gasteiger partial charge in [0.15, 0.2) is 0 Å². The maximum Gasteiger partial charge on any atom is 0.330 e. The zero-order valence-electron chi connectivity index (χ0n) is 17.3. The third kappa shape index (κ3) is 3.37. The summed E-state index contributed by atoms with van der Waals surface area (Å²) in [7, 11) is 0. The molecule has 7 nitrogen and oxygen atoms in total. The molecule has 2 saturated heterocycles. The fourth-order valence-electron chi connectivity index (χ4n) is 4.40. The van der Waals surface area contributed by atoms with Crippen LogP contribution >= 0.6 is 11.8 Å². The van der Waals surface area contributed by atoms with Crippen molar-refractivity contribution in [3.8, 4) is 0 Å². The summed E-state index contributed by atoms with van der Waals surface area (Å²) in [4.78, 5) is 43.3. The van der Waals surface area contributed by atoms with Gasteiger partial charge < -0.3 is 9.64 Å². The third-order valence-corrected chi connectivity index (χ3v) is 7.53. The number of hydrogen-bond acceptors (Lipinski definition) is 6. The highest BCUT2D eigenvalue weighted by molar-refractivity contribution is 8.00. The van der Waals surface area contributed by atoms with Crippen molar-refractivity contribution < 1.29 is 18.7 Å². The quantitative estimate of drug-likeness (QED) is 0.565. The van der Waals surface area contributed by atoms with Crippen molar-refractivity contribution >= 4 is 29.3 Å². The van der Waals surface area contributed by atoms with Crippen molar-refractivity contribution in [2.24, 2.45) is 0 Å². The highest BCUT2D eigenvalue weighted by Crippen LogP contribution is 2.54. The minimum atomic E-state index is -0.746. The van der Waals surface area contributed by atoms with Crippen LogP contribution in [-0.4, -0.2) is 38.0 Å². The highest BCUT2D eigenvalue weighted by Gasteiger charge is 2.57. The number of amides is 1. The van der Waals surface area contributed by atoms with E-state index in [0.29, 0.717) is 29.9 Å². The molecule has 0 N–H and O–H groups in total. The molecule has 9 heteroatoms. The van der Waals surface area contributed by atoms with Crippen LogP contribution in [-0.2, 0) is 25.8 Å². The Morgan fingerprint density at radius 2 is 2.03 bits per heavy atom. The number of rotatable bonds is 4. The van der Waals surface area contributed by atoms with Gasteiger partial charge in [0, 0.05) is 24.4 Å². The number of aromatic nitrogens is 2. The van der Waals surface area contributed by atoms with Crippen LogP contribution in [0.15, 0.2) is 53.5 Å². The van der Waals surface area contributed by atoms with Crippen LogP contribution in [0.4, 0.5) is 4.39 Å². The molecule has 164 valence electrons. The van der Waals surface area contributed by atoms with Gasteiger partial charge in [0.1, 0.15) is 29.0 Å². The van der Waals surface area contributed by atoms with Gasteiger partial charge in [-0.15, -0.1) is 11.8 Å². The summed E-state index contributed by atoms with van der Waals surface area (Å²) in [5, 5.41) is 0. The Morgan fingerprint density at radius 3 is 2.81 bits per heavy atom. The lowest BCUT2D eigenvalue weighted by molar-refractivity contribution is -0.155. The molecule has 0 unspecified atom stereocenters. The summed E-state index contributed by atoms with van der Waals surface area (Å²) in [5.41, 5.74) is 2.31. The van der Waals surface area contributed by atoms with E-state index in [0.717, 1.165) is 11.1 Å². The van der Waals surface area contributed by atoms with Crippen LogP contribution in [0.2, 0.25) is 0 Å². The van der Waals surface area contributed by atoms with Gasteiger partial charge in [-0.1, -0.05) is 12.1 Å². The molecule has 2 atom stereocenters. The number of nitrogens with zero attached hydrogens (tertiary/aromatic N) is 3. The van der Waals surface area contributed by atoms with E-state index in [1.165, 1.54) is 34.4 Å². The zero-order valence-corrected chi connectivity index (χ0v) is 18.1. The van der Waals surface area contributed by atoms with E-state index in [1.807, 2.05) is 13.0 Å². The maximum absolute atomic E-state index is 13.4. The summed E-state index contributed by atoms with van der Waals surface area (Å²) in [5.74, 6) is -0.634. The average Bonchev–Trinajstić information content (AvgIpc) is 3.31. The minimum absolute atomic E-state index is 0.126. The second-order valence-corrected chi connectivity index (χ2v) is 9.30. The van der Waals surface area contributed by atoms with E-state index in [2.05, 4.69) is 4.98 Å². The number of benzene rings is 1. The first-order valence-corrected chi connectivity index (χ1v) is 11.2. The molecule has 0 spiro atoms. The van der Waals surface area contributed by atoms with Gasteiger partial charge in [0.05, 0.1) is 5.69 Å². The lowest BCUT2D eigenvalue weighted by Crippen LogP contribution is -2.46. The Hall–Kier alpha value is -3.20. The molecule has 1 amide bonds. The van der Waals surface area contributed by atoms with E-state index < -0.39 is 16.9 Å². The topological polar surface area (TPSA) is 81.0 Å². The first-order chi connectivity index (χ1) is 15.4. The molecule has 2 aliphatic heterocycles. The molecule has 0 aliphatic carbocycles. The van der Waals surface area contributed by atoms with Crippen LogP contribution in [0.5, 0.6) is 0 Å². The van der Waals surface area contributed by atoms with Crippen LogP contribution in [0.25, 0.3) is 5.65 Å². The SMILES string of the molecule is Cc1ccn2c(=O)cc(COC(=O)[C@@H]3CS[C@]4(c5ccc(F)cc5)CCC(=O)N34)nc2c1.